The van der Waals surface area contributed by atoms with Crippen LogP contribution in [0.25, 0.3) is 22.5 Å². The molecule has 0 spiro atoms. The molecule has 1 aliphatic heterocycles. The standard InChI is InChI=1S/C25H18BrF4N7O5/c1-42-20-10-9-19(31-32-20)35-23(38)21-18(11-26)36(13-5-7-14(8-6-13)37(40)41)33-22(21)34(24(35)39)12-15-16(25(28,29)30)3-2-4-17(15)27/h2-10,31-32H,11-12H2,1H3. The van der Waals surface area contributed by atoms with Crippen molar-refractivity contribution in [3.05, 3.63) is 114 Å². The van der Waals surface area contributed by atoms with Gasteiger partial charge in [-0.15, -0.1) is 5.10 Å². The quantitative estimate of drug-likeness (QED) is 0.133. The number of alkyl halides is 4. The maximum atomic E-state index is 14.9. The molecule has 1 aliphatic rings. The average Bonchev–Trinajstić information content (AvgIpc) is 3.35. The van der Waals surface area contributed by atoms with Crippen LogP contribution in [0.1, 0.15) is 16.8 Å². The van der Waals surface area contributed by atoms with Gasteiger partial charge in [-0.1, -0.05) is 22.0 Å². The molecular formula is C25H18BrF4N7O5. The number of nitro groups is 1. The first-order chi connectivity index (χ1) is 20.0. The third kappa shape index (κ3) is 4.91. The van der Waals surface area contributed by atoms with Gasteiger partial charge in [-0.2, -0.15) is 13.2 Å². The highest BCUT2D eigenvalue weighted by molar-refractivity contribution is 9.08. The molecule has 0 amide bonds. The Kier molecular flexibility index (Phi) is 7.36. The lowest BCUT2D eigenvalue weighted by molar-refractivity contribution is -0.384. The molecule has 0 unspecified atom stereocenters. The molecule has 3 heterocycles. The number of hydrazine groups is 1. The Labute approximate surface area is 240 Å². The highest BCUT2D eigenvalue weighted by atomic mass is 79.9. The second-order valence-electron chi connectivity index (χ2n) is 8.77. The summed E-state index contributed by atoms with van der Waals surface area (Å²) in [6.45, 7) is -0.935. The van der Waals surface area contributed by atoms with Crippen LogP contribution in [0.3, 0.4) is 0 Å². The normalized spacial score (nSPS) is 13.3. The predicted molar refractivity (Wildman–Crippen MR) is 145 cm³/mol. The van der Waals surface area contributed by atoms with Crippen molar-refractivity contribution in [2.24, 2.45) is 0 Å². The Morgan fingerprint density at radius 2 is 1.81 bits per heavy atom. The highest BCUT2D eigenvalue weighted by Gasteiger charge is 2.35. The Morgan fingerprint density at radius 1 is 1.10 bits per heavy atom. The summed E-state index contributed by atoms with van der Waals surface area (Å²) in [7, 11) is 1.37. The summed E-state index contributed by atoms with van der Waals surface area (Å²) in [5, 5.41) is 15.3. The van der Waals surface area contributed by atoms with Gasteiger partial charge in [-0.3, -0.25) is 30.3 Å². The minimum absolute atomic E-state index is 0.0279. The molecule has 0 radical (unpaired) electrons. The van der Waals surface area contributed by atoms with Crippen molar-refractivity contribution in [1.29, 1.82) is 0 Å². The Bertz CT molecular complexity index is 1910. The number of methoxy groups -OCH3 is 1. The minimum Gasteiger partial charge on any atom is -0.481 e. The van der Waals surface area contributed by atoms with Gasteiger partial charge in [0.1, 0.15) is 17.0 Å². The molecule has 4 aromatic rings. The Hall–Kier alpha value is -4.93. The lowest BCUT2D eigenvalue weighted by atomic mass is 10.1. The number of nitro benzene ring substituents is 1. The largest absolute Gasteiger partial charge is 0.481 e. The predicted octanol–water partition coefficient (Wildman–Crippen LogP) is 3.75. The summed E-state index contributed by atoms with van der Waals surface area (Å²) in [4.78, 5) is 38.2. The maximum Gasteiger partial charge on any atom is 0.416 e. The van der Waals surface area contributed by atoms with E-state index in [0.29, 0.717) is 10.6 Å². The van der Waals surface area contributed by atoms with Crippen LogP contribution in [0.4, 0.5) is 23.2 Å². The van der Waals surface area contributed by atoms with Gasteiger partial charge in [0, 0.05) is 29.1 Å². The summed E-state index contributed by atoms with van der Waals surface area (Å²) < 4.78 is 64.2. The molecule has 2 N–H and O–H groups in total. The van der Waals surface area contributed by atoms with Crippen molar-refractivity contribution in [3.63, 3.8) is 0 Å². The third-order valence-electron chi connectivity index (χ3n) is 6.40. The molecule has 218 valence electrons. The van der Waals surface area contributed by atoms with E-state index in [4.69, 9.17) is 4.74 Å². The van der Waals surface area contributed by atoms with Gasteiger partial charge in [0.15, 0.2) is 5.65 Å². The van der Waals surface area contributed by atoms with Crippen molar-refractivity contribution in [2.75, 3.05) is 7.11 Å². The monoisotopic (exact) mass is 651 g/mol. The van der Waals surface area contributed by atoms with Crippen LogP contribution in [0.5, 0.6) is 0 Å². The lowest BCUT2D eigenvalue weighted by Crippen LogP contribution is -2.46. The Balaban J connectivity index is 1.84. The van der Waals surface area contributed by atoms with Crippen LogP contribution in [0.2, 0.25) is 0 Å². The van der Waals surface area contributed by atoms with E-state index in [2.05, 4.69) is 31.9 Å². The molecule has 0 saturated carbocycles. The van der Waals surface area contributed by atoms with E-state index in [-0.39, 0.29) is 45.1 Å². The van der Waals surface area contributed by atoms with Crippen molar-refractivity contribution < 1.29 is 27.2 Å². The number of fused-ring (bicyclic) bond motifs is 1. The number of benzene rings is 2. The van der Waals surface area contributed by atoms with Crippen molar-refractivity contribution in [1.82, 2.24) is 29.8 Å². The van der Waals surface area contributed by atoms with Gasteiger partial charge >= 0.3 is 11.9 Å². The number of hydrogen-bond donors (Lipinski definition) is 2. The van der Waals surface area contributed by atoms with Crippen molar-refractivity contribution in [3.8, 4) is 5.69 Å². The highest BCUT2D eigenvalue weighted by Crippen LogP contribution is 2.34. The van der Waals surface area contributed by atoms with Crippen LogP contribution >= 0.6 is 15.9 Å². The van der Waals surface area contributed by atoms with Gasteiger partial charge in [-0.05, 0) is 30.3 Å². The summed E-state index contributed by atoms with van der Waals surface area (Å²) in [6, 6.07) is 7.50. The number of aromatic nitrogens is 4. The van der Waals surface area contributed by atoms with E-state index in [1.807, 2.05) is 0 Å². The number of non-ortho nitro benzene ring substituents is 1. The fourth-order valence-electron chi connectivity index (χ4n) is 4.42. The number of nitrogens with one attached hydrogen (secondary N) is 2. The van der Waals surface area contributed by atoms with E-state index >= 15 is 0 Å². The summed E-state index contributed by atoms with van der Waals surface area (Å²) in [5.74, 6) is -1.08. The molecule has 42 heavy (non-hydrogen) atoms. The first-order valence-corrected chi connectivity index (χ1v) is 13.0. The second kappa shape index (κ2) is 10.8. The van der Waals surface area contributed by atoms with E-state index in [1.54, 1.807) is 0 Å². The average molecular weight is 652 g/mol. The second-order valence-corrected chi connectivity index (χ2v) is 9.33. The molecule has 2 aromatic heterocycles. The molecular weight excluding hydrogens is 634 g/mol. The van der Waals surface area contributed by atoms with Crippen LogP contribution < -0.4 is 22.1 Å². The number of allylic oxidation sites excluding steroid dienone is 2. The number of hydrogen-bond acceptors (Lipinski definition) is 8. The fraction of sp³-hybridized carbons (Fsp3) is 0.160. The first-order valence-electron chi connectivity index (χ1n) is 11.9. The maximum absolute atomic E-state index is 14.9. The number of halogens is 5. The molecule has 5 rings (SSSR count). The van der Waals surface area contributed by atoms with Gasteiger partial charge in [0.2, 0.25) is 5.88 Å². The zero-order chi connectivity index (χ0) is 30.3. The summed E-state index contributed by atoms with van der Waals surface area (Å²) in [6.07, 6.45) is -2.23. The SMILES string of the molecule is COC1=CC=C(n2c(=O)c3c(CBr)n(-c4ccc([N+](=O)[O-])cc4)nc3n(Cc3c(F)cccc3C(F)(F)F)c2=O)NN1. The van der Waals surface area contributed by atoms with Crippen LogP contribution in [-0.4, -0.2) is 30.9 Å². The summed E-state index contributed by atoms with van der Waals surface area (Å²) in [5.41, 5.74) is 0.976. The topological polar surface area (TPSA) is 138 Å². The molecule has 2 aromatic carbocycles. The first kappa shape index (κ1) is 28.6. The van der Waals surface area contributed by atoms with E-state index in [1.165, 1.54) is 48.2 Å². The summed E-state index contributed by atoms with van der Waals surface area (Å²) >= 11 is 3.29. The number of nitrogens with zero attached hydrogens (tertiary/aromatic N) is 5. The third-order valence-corrected chi connectivity index (χ3v) is 6.93. The van der Waals surface area contributed by atoms with E-state index in [9.17, 15) is 37.3 Å². The van der Waals surface area contributed by atoms with E-state index < -0.39 is 45.8 Å². The fourth-order valence-corrected chi connectivity index (χ4v) is 4.94. The van der Waals surface area contributed by atoms with Crippen molar-refractivity contribution >= 4 is 38.5 Å². The van der Waals surface area contributed by atoms with Crippen LogP contribution in [0.15, 0.2) is 70.1 Å². The zero-order valence-electron chi connectivity index (χ0n) is 21.3. The molecule has 0 fully saturated rings. The molecule has 0 aliphatic carbocycles. The Morgan fingerprint density at radius 3 is 2.38 bits per heavy atom. The molecule has 0 bridgehead atoms. The van der Waals surface area contributed by atoms with Gasteiger partial charge in [0.25, 0.3) is 11.2 Å². The number of ether oxygens (including phenoxy) is 1. The molecule has 12 nitrogen and oxygen atoms in total. The van der Waals surface area contributed by atoms with Crippen LogP contribution in [-0.2, 0) is 22.8 Å². The molecule has 17 heteroatoms. The minimum atomic E-state index is -4.95. The van der Waals surface area contributed by atoms with Gasteiger partial charge in [0.05, 0.1) is 35.5 Å². The molecule has 0 saturated heterocycles. The van der Waals surface area contributed by atoms with Crippen LogP contribution in [0, 0.1) is 15.9 Å². The number of rotatable bonds is 7. The smallest absolute Gasteiger partial charge is 0.416 e. The van der Waals surface area contributed by atoms with Gasteiger partial charge < -0.3 is 4.74 Å². The van der Waals surface area contributed by atoms with Gasteiger partial charge in [-0.25, -0.2) is 18.4 Å². The molecule has 0 atom stereocenters. The lowest BCUT2D eigenvalue weighted by Gasteiger charge is -2.20. The van der Waals surface area contributed by atoms with E-state index in [0.717, 1.165) is 16.7 Å². The zero-order valence-corrected chi connectivity index (χ0v) is 22.9. The van der Waals surface area contributed by atoms with Crippen molar-refractivity contribution in [2.45, 2.75) is 18.1 Å².